The molecule has 1 aliphatic rings. The number of nitrogens with zero attached hydrogens (tertiary/aromatic N) is 3. The largest absolute Gasteiger partial charge is 0.493 e. The minimum Gasteiger partial charge on any atom is -0.493 e. The fourth-order valence-corrected chi connectivity index (χ4v) is 3.82. The summed E-state index contributed by atoms with van der Waals surface area (Å²) in [7, 11) is 1.56. The number of carbonyl (C=O) groups excluding carboxylic acids is 1. The van der Waals surface area contributed by atoms with Crippen LogP contribution in [0.5, 0.6) is 11.5 Å². The maximum atomic E-state index is 12.2. The average molecular weight is 426 g/mol. The molecule has 9 heteroatoms. The van der Waals surface area contributed by atoms with Gasteiger partial charge in [0.25, 0.3) is 5.91 Å². The lowest BCUT2D eigenvalue weighted by molar-refractivity contribution is -0.137. The second-order valence-corrected chi connectivity index (χ2v) is 7.58. The summed E-state index contributed by atoms with van der Waals surface area (Å²) >= 11 is 1.54. The van der Waals surface area contributed by atoms with Gasteiger partial charge in [-0.3, -0.25) is 10.2 Å². The minimum atomic E-state index is -0.0639. The molecule has 1 fully saturated rings. The highest BCUT2D eigenvalue weighted by molar-refractivity contribution is 7.22. The summed E-state index contributed by atoms with van der Waals surface area (Å²) in [6.07, 6.45) is 1.68. The number of nitrogens with one attached hydrogen (secondary N) is 1. The molecule has 1 N–H and O–H groups in total. The Morgan fingerprint density at radius 2 is 2.10 bits per heavy atom. The molecule has 0 bridgehead atoms. The van der Waals surface area contributed by atoms with Crippen LogP contribution in [-0.4, -0.2) is 62.0 Å². The second-order valence-electron chi connectivity index (χ2n) is 6.55. The molecule has 1 aromatic heterocycles. The van der Waals surface area contributed by atoms with E-state index >= 15 is 0 Å². The van der Waals surface area contributed by atoms with E-state index in [0.717, 1.165) is 20.9 Å². The zero-order valence-corrected chi connectivity index (χ0v) is 17.4. The van der Waals surface area contributed by atoms with E-state index in [2.05, 4.69) is 15.5 Å². The Labute approximate surface area is 178 Å². The number of hydrogen-bond acceptors (Lipinski definition) is 8. The molecule has 0 saturated carbocycles. The number of aromatic nitrogens is 1. The third kappa shape index (κ3) is 4.87. The minimum absolute atomic E-state index is 0.0387. The predicted octanol–water partition coefficient (Wildman–Crippen LogP) is 2.99. The zero-order chi connectivity index (χ0) is 20.8. The smallest absolute Gasteiger partial charge is 0.260 e. The third-order valence-corrected chi connectivity index (χ3v) is 5.51. The monoisotopic (exact) mass is 426 g/mol. The number of carbonyl (C=O) groups is 1. The van der Waals surface area contributed by atoms with Crippen LogP contribution in [0.2, 0.25) is 0 Å². The zero-order valence-electron chi connectivity index (χ0n) is 16.5. The number of hydrogen-bond donors (Lipinski definition) is 1. The van der Waals surface area contributed by atoms with Gasteiger partial charge in [0.1, 0.15) is 0 Å². The Morgan fingerprint density at radius 1 is 1.27 bits per heavy atom. The number of para-hydroxylation sites is 1. The number of benzene rings is 2. The Bertz CT molecular complexity index is 1010. The number of rotatable bonds is 7. The maximum absolute atomic E-state index is 12.2. The van der Waals surface area contributed by atoms with E-state index in [-0.39, 0.29) is 12.5 Å². The van der Waals surface area contributed by atoms with Crippen LogP contribution in [-0.2, 0) is 9.53 Å². The molecule has 1 amide bonds. The number of morpholine rings is 1. The van der Waals surface area contributed by atoms with Gasteiger partial charge in [0, 0.05) is 13.1 Å². The highest BCUT2D eigenvalue weighted by Crippen LogP contribution is 2.28. The van der Waals surface area contributed by atoms with Crippen molar-refractivity contribution in [3.8, 4) is 11.5 Å². The average Bonchev–Trinajstić information content (AvgIpc) is 3.21. The van der Waals surface area contributed by atoms with Crippen molar-refractivity contribution in [3.05, 3.63) is 48.0 Å². The van der Waals surface area contributed by atoms with Crippen LogP contribution < -0.4 is 14.9 Å². The number of amides is 1. The van der Waals surface area contributed by atoms with Gasteiger partial charge < -0.3 is 19.1 Å². The standard InChI is InChI=1S/C21H22N4O4S/c1-27-18-12-15(13-22-24-21-23-16-4-2-3-5-19(16)30-21)6-7-17(18)29-14-20(26)25-8-10-28-11-9-25/h2-7,12-13H,8-11,14H2,1H3,(H,23,24)/b22-13+. The van der Waals surface area contributed by atoms with Gasteiger partial charge >= 0.3 is 0 Å². The molecule has 2 heterocycles. The van der Waals surface area contributed by atoms with Crippen molar-refractivity contribution in [2.24, 2.45) is 5.10 Å². The summed E-state index contributed by atoms with van der Waals surface area (Å²) in [5, 5.41) is 4.97. The summed E-state index contributed by atoms with van der Waals surface area (Å²) in [6, 6.07) is 13.4. The van der Waals surface area contributed by atoms with Crippen LogP contribution in [0.15, 0.2) is 47.6 Å². The van der Waals surface area contributed by atoms with E-state index in [4.69, 9.17) is 14.2 Å². The molecule has 30 heavy (non-hydrogen) atoms. The Hall–Kier alpha value is -3.17. The third-order valence-electron chi connectivity index (χ3n) is 4.57. The predicted molar refractivity (Wildman–Crippen MR) is 117 cm³/mol. The summed E-state index contributed by atoms with van der Waals surface area (Å²) < 4.78 is 17.5. The normalized spacial score (nSPS) is 14.2. The van der Waals surface area contributed by atoms with Gasteiger partial charge in [0.05, 0.1) is 36.8 Å². The molecular weight excluding hydrogens is 404 g/mol. The quantitative estimate of drug-likeness (QED) is 0.462. The van der Waals surface area contributed by atoms with Gasteiger partial charge in [0.15, 0.2) is 18.1 Å². The number of hydrazone groups is 1. The van der Waals surface area contributed by atoms with E-state index in [1.807, 2.05) is 30.3 Å². The Balaban J connectivity index is 1.36. The molecule has 0 atom stereocenters. The van der Waals surface area contributed by atoms with Gasteiger partial charge in [-0.25, -0.2) is 4.98 Å². The lowest BCUT2D eigenvalue weighted by atomic mass is 10.2. The van der Waals surface area contributed by atoms with E-state index in [9.17, 15) is 4.79 Å². The van der Waals surface area contributed by atoms with Crippen LogP contribution in [0, 0.1) is 0 Å². The summed E-state index contributed by atoms with van der Waals surface area (Å²) in [5.74, 6) is 0.982. The molecule has 0 unspecified atom stereocenters. The van der Waals surface area contributed by atoms with E-state index < -0.39 is 0 Å². The molecule has 156 valence electrons. The Morgan fingerprint density at radius 3 is 2.90 bits per heavy atom. The van der Waals surface area contributed by atoms with Gasteiger partial charge in [-0.15, -0.1) is 0 Å². The first-order valence-electron chi connectivity index (χ1n) is 9.54. The van der Waals surface area contributed by atoms with Crippen molar-refractivity contribution in [1.29, 1.82) is 0 Å². The fourth-order valence-electron chi connectivity index (χ4n) is 3.01. The van der Waals surface area contributed by atoms with Gasteiger partial charge in [-0.1, -0.05) is 23.5 Å². The summed E-state index contributed by atoms with van der Waals surface area (Å²) in [4.78, 5) is 18.5. The molecule has 0 aliphatic carbocycles. The van der Waals surface area contributed by atoms with Crippen LogP contribution in [0.1, 0.15) is 5.56 Å². The van der Waals surface area contributed by atoms with Crippen molar-refractivity contribution in [2.75, 3.05) is 45.4 Å². The van der Waals surface area contributed by atoms with Gasteiger partial charge in [-0.05, 0) is 35.9 Å². The van der Waals surface area contributed by atoms with Crippen LogP contribution in [0.25, 0.3) is 10.2 Å². The number of anilines is 1. The highest BCUT2D eigenvalue weighted by atomic mass is 32.1. The lowest BCUT2D eigenvalue weighted by Crippen LogP contribution is -2.43. The number of methoxy groups -OCH3 is 1. The van der Waals surface area contributed by atoms with Crippen molar-refractivity contribution in [1.82, 2.24) is 9.88 Å². The van der Waals surface area contributed by atoms with Crippen molar-refractivity contribution >= 4 is 38.8 Å². The Kier molecular flexibility index (Phi) is 6.41. The maximum Gasteiger partial charge on any atom is 0.260 e. The number of ether oxygens (including phenoxy) is 3. The molecule has 8 nitrogen and oxygen atoms in total. The molecule has 1 aliphatic heterocycles. The topological polar surface area (TPSA) is 85.3 Å². The SMILES string of the molecule is COc1cc(/C=N/Nc2nc3ccccc3s2)ccc1OCC(=O)N1CCOCC1. The molecule has 1 saturated heterocycles. The molecule has 4 rings (SSSR count). The van der Waals surface area contributed by atoms with Gasteiger partial charge in [-0.2, -0.15) is 5.10 Å². The lowest BCUT2D eigenvalue weighted by Gasteiger charge is -2.26. The number of thiazole rings is 1. The first-order valence-corrected chi connectivity index (χ1v) is 10.4. The first-order chi connectivity index (χ1) is 14.7. The summed E-state index contributed by atoms with van der Waals surface area (Å²) in [5.41, 5.74) is 4.72. The molecule has 2 aromatic carbocycles. The van der Waals surface area contributed by atoms with E-state index in [1.54, 1.807) is 30.4 Å². The molecule has 3 aromatic rings. The first kappa shape index (κ1) is 20.1. The fraction of sp³-hybridized carbons (Fsp3) is 0.286. The van der Waals surface area contributed by atoms with Crippen molar-refractivity contribution in [3.63, 3.8) is 0 Å². The molecular formula is C21H22N4O4S. The van der Waals surface area contributed by atoms with Crippen LogP contribution in [0.3, 0.4) is 0 Å². The van der Waals surface area contributed by atoms with Crippen molar-refractivity contribution in [2.45, 2.75) is 0 Å². The molecule has 0 spiro atoms. The van der Waals surface area contributed by atoms with E-state index in [0.29, 0.717) is 37.8 Å². The van der Waals surface area contributed by atoms with E-state index in [1.165, 1.54) is 11.3 Å². The summed E-state index contributed by atoms with van der Waals surface area (Å²) in [6.45, 7) is 2.28. The van der Waals surface area contributed by atoms with Gasteiger partial charge in [0.2, 0.25) is 5.13 Å². The number of fused-ring (bicyclic) bond motifs is 1. The second kappa shape index (κ2) is 9.55. The van der Waals surface area contributed by atoms with Crippen LogP contribution >= 0.6 is 11.3 Å². The highest BCUT2D eigenvalue weighted by Gasteiger charge is 2.18. The van der Waals surface area contributed by atoms with Crippen molar-refractivity contribution < 1.29 is 19.0 Å². The molecule has 0 radical (unpaired) electrons. The van der Waals surface area contributed by atoms with Crippen LogP contribution in [0.4, 0.5) is 5.13 Å².